The molecule has 2 aliphatic rings. The number of morpholine rings is 1. The average molecular weight is 458 g/mol. The highest BCUT2D eigenvalue weighted by Crippen LogP contribution is 2.28. The molecule has 1 saturated carbocycles. The first-order valence-corrected chi connectivity index (χ1v) is 9.03. The SMILES string of the molecule is CN=C(NCC(c1cccc(C)c1)N1CCOCC1)NC1CC1C.I. The quantitative estimate of drug-likeness (QED) is 0.405. The van der Waals surface area contributed by atoms with E-state index >= 15 is 0 Å². The summed E-state index contributed by atoms with van der Waals surface area (Å²) < 4.78 is 5.53. The van der Waals surface area contributed by atoms with Crippen LogP contribution in [0.3, 0.4) is 0 Å². The number of nitrogens with zero attached hydrogens (tertiary/aromatic N) is 2. The van der Waals surface area contributed by atoms with E-state index < -0.39 is 0 Å². The molecule has 25 heavy (non-hydrogen) atoms. The van der Waals surface area contributed by atoms with E-state index in [1.54, 1.807) is 0 Å². The Hall–Kier alpha value is -0.860. The fourth-order valence-corrected chi connectivity index (χ4v) is 3.31. The first kappa shape index (κ1) is 20.5. The minimum absolute atomic E-state index is 0. The van der Waals surface area contributed by atoms with Crippen molar-refractivity contribution >= 4 is 29.9 Å². The van der Waals surface area contributed by atoms with E-state index in [0.29, 0.717) is 12.1 Å². The van der Waals surface area contributed by atoms with E-state index in [1.807, 2.05) is 7.05 Å². The summed E-state index contributed by atoms with van der Waals surface area (Å²) in [6.07, 6.45) is 1.24. The van der Waals surface area contributed by atoms with Gasteiger partial charge in [-0.1, -0.05) is 36.8 Å². The summed E-state index contributed by atoms with van der Waals surface area (Å²) in [6.45, 7) is 8.86. The monoisotopic (exact) mass is 458 g/mol. The molecule has 0 aromatic heterocycles. The molecule has 3 atom stereocenters. The largest absolute Gasteiger partial charge is 0.379 e. The van der Waals surface area contributed by atoms with E-state index in [-0.39, 0.29) is 24.0 Å². The van der Waals surface area contributed by atoms with Crippen LogP contribution in [0.5, 0.6) is 0 Å². The number of halogens is 1. The van der Waals surface area contributed by atoms with Gasteiger partial charge >= 0.3 is 0 Å². The van der Waals surface area contributed by atoms with Gasteiger partial charge < -0.3 is 15.4 Å². The zero-order valence-corrected chi connectivity index (χ0v) is 17.8. The molecule has 2 N–H and O–H groups in total. The number of guanidine groups is 1. The van der Waals surface area contributed by atoms with Crippen molar-refractivity contribution in [1.82, 2.24) is 15.5 Å². The van der Waals surface area contributed by atoms with Gasteiger partial charge in [-0.2, -0.15) is 0 Å². The Kier molecular flexibility index (Phi) is 7.96. The van der Waals surface area contributed by atoms with Crippen LogP contribution in [0.4, 0.5) is 0 Å². The number of rotatable bonds is 5. The third-order valence-corrected chi connectivity index (χ3v) is 5.03. The molecule has 1 aromatic rings. The zero-order chi connectivity index (χ0) is 16.9. The van der Waals surface area contributed by atoms with E-state index in [4.69, 9.17) is 4.74 Å². The van der Waals surface area contributed by atoms with Crippen molar-refractivity contribution in [3.63, 3.8) is 0 Å². The Labute approximate surface area is 168 Å². The number of hydrogen-bond donors (Lipinski definition) is 2. The van der Waals surface area contributed by atoms with Crippen LogP contribution in [0.15, 0.2) is 29.3 Å². The average Bonchev–Trinajstić information content (AvgIpc) is 3.30. The van der Waals surface area contributed by atoms with Gasteiger partial charge in [-0.25, -0.2) is 0 Å². The summed E-state index contributed by atoms with van der Waals surface area (Å²) in [7, 11) is 1.85. The summed E-state index contributed by atoms with van der Waals surface area (Å²) in [5.41, 5.74) is 2.67. The van der Waals surface area contributed by atoms with Gasteiger partial charge in [0.1, 0.15) is 0 Å². The van der Waals surface area contributed by atoms with Crippen LogP contribution in [0.2, 0.25) is 0 Å². The van der Waals surface area contributed by atoms with Crippen LogP contribution in [0, 0.1) is 12.8 Å². The van der Waals surface area contributed by atoms with E-state index in [1.165, 1.54) is 17.5 Å². The summed E-state index contributed by atoms with van der Waals surface area (Å²) >= 11 is 0. The maximum atomic E-state index is 5.53. The first-order chi connectivity index (χ1) is 11.7. The third-order valence-electron chi connectivity index (χ3n) is 5.03. The highest BCUT2D eigenvalue weighted by molar-refractivity contribution is 14.0. The predicted molar refractivity (Wildman–Crippen MR) is 114 cm³/mol. The van der Waals surface area contributed by atoms with Crippen LogP contribution < -0.4 is 10.6 Å². The topological polar surface area (TPSA) is 48.9 Å². The van der Waals surface area contributed by atoms with Gasteiger partial charge in [-0.3, -0.25) is 9.89 Å². The van der Waals surface area contributed by atoms with Gasteiger partial charge in [0.2, 0.25) is 0 Å². The maximum Gasteiger partial charge on any atom is 0.191 e. The summed E-state index contributed by atoms with van der Waals surface area (Å²) in [4.78, 5) is 6.89. The lowest BCUT2D eigenvalue weighted by atomic mass is 10.0. The molecule has 5 nitrogen and oxygen atoms in total. The predicted octanol–water partition coefficient (Wildman–Crippen LogP) is 2.56. The van der Waals surface area contributed by atoms with Crippen molar-refractivity contribution in [1.29, 1.82) is 0 Å². The molecule has 0 radical (unpaired) electrons. The van der Waals surface area contributed by atoms with E-state index in [0.717, 1.165) is 44.7 Å². The number of nitrogens with one attached hydrogen (secondary N) is 2. The standard InChI is InChI=1S/C19H30N4O.HI/c1-14-5-4-6-16(11-14)18(23-7-9-24-10-8-23)13-21-19(20-3)22-17-12-15(17)2;/h4-6,11,15,17-18H,7-10,12-13H2,1-3H3,(H2,20,21,22);1H. The molecule has 6 heteroatoms. The van der Waals surface area contributed by atoms with Crippen LogP contribution >= 0.6 is 24.0 Å². The van der Waals surface area contributed by atoms with Gasteiger partial charge in [-0.05, 0) is 24.8 Å². The van der Waals surface area contributed by atoms with Crippen LogP contribution in [-0.2, 0) is 4.74 Å². The first-order valence-electron chi connectivity index (χ1n) is 9.03. The third kappa shape index (κ3) is 5.82. The summed E-state index contributed by atoms with van der Waals surface area (Å²) in [6, 6.07) is 9.75. The van der Waals surface area contributed by atoms with Crippen molar-refractivity contribution in [3.05, 3.63) is 35.4 Å². The van der Waals surface area contributed by atoms with Crippen molar-refractivity contribution < 1.29 is 4.74 Å². The lowest BCUT2D eigenvalue weighted by molar-refractivity contribution is 0.0170. The normalized spacial score (nSPS) is 25.0. The lowest BCUT2D eigenvalue weighted by Crippen LogP contribution is -2.46. The van der Waals surface area contributed by atoms with Crippen molar-refractivity contribution in [3.8, 4) is 0 Å². The van der Waals surface area contributed by atoms with Gasteiger partial charge in [0.05, 0.1) is 19.3 Å². The van der Waals surface area contributed by atoms with Gasteiger partial charge in [0, 0.05) is 32.7 Å². The molecule has 3 rings (SSSR count). The molecule has 140 valence electrons. The highest BCUT2D eigenvalue weighted by Gasteiger charge is 2.33. The molecular weight excluding hydrogens is 427 g/mol. The molecule has 2 fully saturated rings. The molecule has 3 unspecified atom stereocenters. The Balaban J connectivity index is 0.00000225. The van der Waals surface area contributed by atoms with Crippen LogP contribution in [0.1, 0.15) is 30.5 Å². The molecule has 1 heterocycles. The fourth-order valence-electron chi connectivity index (χ4n) is 3.31. The molecule has 1 aliphatic carbocycles. The second kappa shape index (κ2) is 9.73. The molecule has 1 saturated heterocycles. The van der Waals surface area contributed by atoms with Crippen LogP contribution in [0.25, 0.3) is 0 Å². The van der Waals surface area contributed by atoms with Crippen molar-refractivity contribution in [2.45, 2.75) is 32.4 Å². The fraction of sp³-hybridized carbons (Fsp3) is 0.632. The van der Waals surface area contributed by atoms with Gasteiger partial charge in [0.15, 0.2) is 5.96 Å². The molecule has 1 aliphatic heterocycles. The number of aliphatic imine (C=N–C) groups is 1. The van der Waals surface area contributed by atoms with Gasteiger partial charge in [-0.15, -0.1) is 24.0 Å². The molecule has 1 aromatic carbocycles. The minimum Gasteiger partial charge on any atom is -0.379 e. The van der Waals surface area contributed by atoms with Crippen LogP contribution in [-0.4, -0.2) is 56.8 Å². The Morgan fingerprint density at radius 3 is 2.68 bits per heavy atom. The summed E-state index contributed by atoms with van der Waals surface area (Å²) in [5, 5.41) is 7.04. The molecule has 0 amide bonds. The number of aryl methyl sites for hydroxylation is 1. The Morgan fingerprint density at radius 2 is 2.08 bits per heavy atom. The van der Waals surface area contributed by atoms with E-state index in [9.17, 15) is 0 Å². The minimum atomic E-state index is 0. The Bertz CT molecular complexity index is 574. The molecule has 0 spiro atoms. The second-order valence-corrected chi connectivity index (χ2v) is 7.00. The Morgan fingerprint density at radius 1 is 1.36 bits per heavy atom. The van der Waals surface area contributed by atoms with Crippen molar-refractivity contribution in [2.75, 3.05) is 39.9 Å². The number of benzene rings is 1. The zero-order valence-electron chi connectivity index (χ0n) is 15.5. The summed E-state index contributed by atoms with van der Waals surface area (Å²) in [5.74, 6) is 1.67. The maximum absolute atomic E-state index is 5.53. The lowest BCUT2D eigenvalue weighted by Gasteiger charge is -2.35. The van der Waals surface area contributed by atoms with Crippen molar-refractivity contribution in [2.24, 2.45) is 10.9 Å². The molecular formula is C19H31IN4O. The number of ether oxygens (including phenoxy) is 1. The second-order valence-electron chi connectivity index (χ2n) is 7.00. The molecule has 0 bridgehead atoms. The number of hydrogen-bond acceptors (Lipinski definition) is 3. The smallest absolute Gasteiger partial charge is 0.191 e. The van der Waals surface area contributed by atoms with Gasteiger partial charge in [0.25, 0.3) is 0 Å². The van der Waals surface area contributed by atoms with E-state index in [2.05, 4.69) is 58.6 Å². The highest BCUT2D eigenvalue weighted by atomic mass is 127.